The number of thiazole rings is 1. The molecule has 3 nitrogen and oxygen atoms in total. The monoisotopic (exact) mass is 402 g/mol. The van der Waals surface area contributed by atoms with Crippen LogP contribution in [0, 0.1) is 13.8 Å². The smallest absolute Gasteiger partial charge is 0.280 e. The van der Waals surface area contributed by atoms with Gasteiger partial charge in [-0.15, -0.1) is 0 Å². The number of carbonyl (C=O) groups is 1. The second-order valence-electron chi connectivity index (χ2n) is 5.84. The van der Waals surface area contributed by atoms with Crippen molar-refractivity contribution in [2.45, 2.75) is 33.7 Å². The Balaban J connectivity index is 2.19. The highest BCUT2D eigenvalue weighted by Gasteiger charge is 2.11. The standard InChI is InChI=1S/C19H19BrN2OS/c1-4-9-22-16-10-12(2)13(3)11-17(16)24-19(22)21-18(23)14-7-5-6-8-15(14)20/h5-8,10-11H,4,9H2,1-3H3. The fraction of sp³-hybridized carbons (Fsp3) is 0.263. The van der Waals surface area contributed by atoms with E-state index in [1.807, 2.05) is 18.2 Å². The first-order valence-corrected chi connectivity index (χ1v) is 9.56. The minimum atomic E-state index is -0.215. The van der Waals surface area contributed by atoms with Gasteiger partial charge in [-0.1, -0.05) is 30.4 Å². The Morgan fingerprint density at radius 2 is 1.92 bits per heavy atom. The summed E-state index contributed by atoms with van der Waals surface area (Å²) in [6.07, 6.45) is 0.995. The molecule has 3 rings (SSSR count). The first-order chi connectivity index (χ1) is 11.5. The number of halogens is 1. The quantitative estimate of drug-likeness (QED) is 0.590. The van der Waals surface area contributed by atoms with Crippen LogP contribution < -0.4 is 4.80 Å². The molecule has 0 atom stereocenters. The SMILES string of the molecule is CCCn1c(=NC(=O)c2ccccc2Br)sc2cc(C)c(C)cc21. The summed E-state index contributed by atoms with van der Waals surface area (Å²) < 4.78 is 4.10. The molecule has 3 aromatic rings. The lowest BCUT2D eigenvalue weighted by atomic mass is 10.1. The van der Waals surface area contributed by atoms with Gasteiger partial charge in [-0.05, 0) is 71.6 Å². The van der Waals surface area contributed by atoms with Gasteiger partial charge in [0.1, 0.15) is 0 Å². The third-order valence-corrected chi connectivity index (χ3v) is 5.78. The van der Waals surface area contributed by atoms with Crippen molar-refractivity contribution in [2.24, 2.45) is 4.99 Å². The van der Waals surface area contributed by atoms with E-state index in [2.05, 4.69) is 58.4 Å². The molecule has 0 radical (unpaired) electrons. The van der Waals surface area contributed by atoms with E-state index in [9.17, 15) is 4.79 Å². The Kier molecular flexibility index (Phi) is 5.01. The number of aromatic nitrogens is 1. The van der Waals surface area contributed by atoms with E-state index < -0.39 is 0 Å². The van der Waals surface area contributed by atoms with E-state index in [0.29, 0.717) is 5.56 Å². The first kappa shape index (κ1) is 17.1. The summed E-state index contributed by atoms with van der Waals surface area (Å²) in [5, 5.41) is 0. The Hall–Kier alpha value is -1.72. The maximum Gasteiger partial charge on any atom is 0.280 e. The number of benzene rings is 2. The molecule has 124 valence electrons. The van der Waals surface area contributed by atoms with Crippen LogP contribution in [0.2, 0.25) is 0 Å². The molecule has 0 aliphatic carbocycles. The maximum atomic E-state index is 12.6. The fourth-order valence-electron chi connectivity index (χ4n) is 2.63. The molecule has 0 fully saturated rings. The number of amides is 1. The second-order valence-corrected chi connectivity index (χ2v) is 7.70. The lowest BCUT2D eigenvalue weighted by Crippen LogP contribution is -2.17. The minimum Gasteiger partial charge on any atom is -0.316 e. The van der Waals surface area contributed by atoms with Crippen molar-refractivity contribution < 1.29 is 4.79 Å². The van der Waals surface area contributed by atoms with Gasteiger partial charge >= 0.3 is 0 Å². The molecule has 1 amide bonds. The van der Waals surface area contributed by atoms with E-state index >= 15 is 0 Å². The summed E-state index contributed by atoms with van der Waals surface area (Å²) in [4.78, 5) is 17.8. The van der Waals surface area contributed by atoms with Crippen LogP contribution >= 0.6 is 27.3 Å². The second kappa shape index (κ2) is 7.03. The number of nitrogens with zero attached hydrogens (tertiary/aromatic N) is 2. The van der Waals surface area contributed by atoms with Crippen molar-refractivity contribution in [3.05, 3.63) is 62.4 Å². The van der Waals surface area contributed by atoms with Crippen LogP contribution in [0.5, 0.6) is 0 Å². The largest absolute Gasteiger partial charge is 0.316 e. The summed E-state index contributed by atoms with van der Waals surface area (Å²) in [5.74, 6) is -0.215. The molecule has 24 heavy (non-hydrogen) atoms. The molecule has 1 heterocycles. The Morgan fingerprint density at radius 1 is 1.21 bits per heavy atom. The highest BCUT2D eigenvalue weighted by atomic mass is 79.9. The first-order valence-electron chi connectivity index (χ1n) is 7.95. The Morgan fingerprint density at radius 3 is 2.62 bits per heavy atom. The van der Waals surface area contributed by atoms with Gasteiger partial charge in [-0.25, -0.2) is 0 Å². The summed E-state index contributed by atoms with van der Waals surface area (Å²) >= 11 is 5.00. The topological polar surface area (TPSA) is 34.4 Å². The van der Waals surface area contributed by atoms with Crippen molar-refractivity contribution >= 4 is 43.4 Å². The van der Waals surface area contributed by atoms with Crippen molar-refractivity contribution in [2.75, 3.05) is 0 Å². The van der Waals surface area contributed by atoms with Crippen molar-refractivity contribution in [3.63, 3.8) is 0 Å². The Bertz CT molecular complexity index is 985. The van der Waals surface area contributed by atoms with Gasteiger partial charge in [-0.3, -0.25) is 4.79 Å². The zero-order valence-corrected chi connectivity index (χ0v) is 16.4. The number of carbonyl (C=O) groups excluding carboxylic acids is 1. The van der Waals surface area contributed by atoms with Crippen LogP contribution in [0.15, 0.2) is 45.9 Å². The molecule has 0 bridgehead atoms. The van der Waals surface area contributed by atoms with Gasteiger partial charge in [0.05, 0.1) is 15.8 Å². The number of hydrogen-bond acceptors (Lipinski definition) is 2. The molecule has 0 aliphatic rings. The maximum absolute atomic E-state index is 12.6. The summed E-state index contributed by atoms with van der Waals surface area (Å²) in [6, 6.07) is 11.8. The third kappa shape index (κ3) is 3.23. The average molecular weight is 403 g/mol. The van der Waals surface area contributed by atoms with E-state index in [0.717, 1.165) is 27.8 Å². The molecule has 0 spiro atoms. The van der Waals surface area contributed by atoms with Crippen LogP contribution in [-0.2, 0) is 6.54 Å². The van der Waals surface area contributed by atoms with E-state index in [1.54, 1.807) is 17.4 Å². The molecule has 5 heteroatoms. The number of fused-ring (bicyclic) bond motifs is 1. The molecular formula is C19H19BrN2OS. The highest BCUT2D eigenvalue weighted by molar-refractivity contribution is 9.10. The number of aryl methyl sites for hydroxylation is 3. The highest BCUT2D eigenvalue weighted by Crippen LogP contribution is 2.23. The van der Waals surface area contributed by atoms with Gasteiger partial charge in [-0.2, -0.15) is 4.99 Å². The number of hydrogen-bond donors (Lipinski definition) is 0. The molecular weight excluding hydrogens is 384 g/mol. The molecule has 0 saturated heterocycles. The van der Waals surface area contributed by atoms with E-state index in [4.69, 9.17) is 0 Å². The molecule has 0 aliphatic heterocycles. The van der Waals surface area contributed by atoms with Crippen LogP contribution in [0.3, 0.4) is 0 Å². The Labute approximate surface area is 153 Å². The zero-order chi connectivity index (χ0) is 17.3. The summed E-state index contributed by atoms with van der Waals surface area (Å²) in [5.41, 5.74) is 4.26. The number of rotatable bonds is 3. The van der Waals surface area contributed by atoms with Gasteiger partial charge < -0.3 is 4.57 Å². The van der Waals surface area contributed by atoms with Crippen molar-refractivity contribution in [1.82, 2.24) is 4.57 Å². The van der Waals surface area contributed by atoms with Crippen LogP contribution in [-0.4, -0.2) is 10.5 Å². The predicted octanol–water partition coefficient (Wildman–Crippen LogP) is 5.23. The average Bonchev–Trinajstić information content (AvgIpc) is 2.85. The third-order valence-electron chi connectivity index (χ3n) is 4.05. The molecule has 0 N–H and O–H groups in total. The van der Waals surface area contributed by atoms with Gasteiger partial charge in [0.15, 0.2) is 4.80 Å². The van der Waals surface area contributed by atoms with Crippen LogP contribution in [0.1, 0.15) is 34.8 Å². The predicted molar refractivity (Wildman–Crippen MR) is 104 cm³/mol. The lowest BCUT2D eigenvalue weighted by molar-refractivity contribution is 0.0997. The molecule has 0 saturated carbocycles. The fourth-order valence-corrected chi connectivity index (χ4v) is 4.22. The summed E-state index contributed by atoms with van der Waals surface area (Å²) in [7, 11) is 0. The lowest BCUT2D eigenvalue weighted by Gasteiger charge is -2.05. The van der Waals surface area contributed by atoms with Gasteiger partial charge in [0.2, 0.25) is 0 Å². The van der Waals surface area contributed by atoms with Crippen LogP contribution in [0.4, 0.5) is 0 Å². The van der Waals surface area contributed by atoms with E-state index in [1.165, 1.54) is 15.8 Å². The van der Waals surface area contributed by atoms with Crippen molar-refractivity contribution in [3.8, 4) is 0 Å². The zero-order valence-electron chi connectivity index (χ0n) is 14.0. The normalized spacial score (nSPS) is 12.1. The van der Waals surface area contributed by atoms with Crippen molar-refractivity contribution in [1.29, 1.82) is 0 Å². The van der Waals surface area contributed by atoms with Crippen LogP contribution in [0.25, 0.3) is 10.2 Å². The molecule has 1 aromatic heterocycles. The summed E-state index contributed by atoms with van der Waals surface area (Å²) in [6.45, 7) is 7.22. The molecule has 2 aromatic carbocycles. The molecule has 0 unspecified atom stereocenters. The van der Waals surface area contributed by atoms with Gasteiger partial charge in [0, 0.05) is 11.0 Å². The van der Waals surface area contributed by atoms with Gasteiger partial charge in [0.25, 0.3) is 5.91 Å². The minimum absolute atomic E-state index is 0.215. The van der Waals surface area contributed by atoms with E-state index in [-0.39, 0.29) is 5.91 Å².